The van der Waals surface area contributed by atoms with Gasteiger partial charge < -0.3 is 19.9 Å². The molecule has 0 bridgehead atoms. The second kappa shape index (κ2) is 11.0. The molecule has 104 valence electrons. The summed E-state index contributed by atoms with van der Waals surface area (Å²) < 4.78 is 10.7. The van der Waals surface area contributed by atoms with Crippen molar-refractivity contribution in [3.8, 4) is 0 Å². The van der Waals surface area contributed by atoms with Gasteiger partial charge in [-0.2, -0.15) is 0 Å². The maximum atomic E-state index is 9.65. The van der Waals surface area contributed by atoms with Crippen LogP contribution in [-0.4, -0.2) is 49.7 Å². The van der Waals surface area contributed by atoms with Gasteiger partial charge in [0.15, 0.2) is 0 Å². The van der Waals surface area contributed by atoms with Crippen molar-refractivity contribution in [3.05, 3.63) is 0 Å². The zero-order valence-electron chi connectivity index (χ0n) is 11.7. The molecular formula is C13H29NO3. The SMILES string of the molecule is CCCC(C)NCC(O)COCCOC(C)C. The van der Waals surface area contributed by atoms with Crippen LogP contribution in [0.1, 0.15) is 40.5 Å². The summed E-state index contributed by atoms with van der Waals surface area (Å²) in [6.45, 7) is 10.4. The fourth-order valence-electron chi connectivity index (χ4n) is 1.49. The Morgan fingerprint density at radius 1 is 1.18 bits per heavy atom. The molecule has 0 aliphatic carbocycles. The van der Waals surface area contributed by atoms with Crippen LogP contribution in [0.15, 0.2) is 0 Å². The van der Waals surface area contributed by atoms with Gasteiger partial charge in [-0.05, 0) is 27.2 Å². The average molecular weight is 247 g/mol. The molecule has 0 aromatic rings. The van der Waals surface area contributed by atoms with Gasteiger partial charge in [-0.25, -0.2) is 0 Å². The van der Waals surface area contributed by atoms with Crippen molar-refractivity contribution < 1.29 is 14.6 Å². The molecule has 17 heavy (non-hydrogen) atoms. The van der Waals surface area contributed by atoms with Crippen molar-refractivity contribution in [3.63, 3.8) is 0 Å². The quantitative estimate of drug-likeness (QED) is 0.544. The van der Waals surface area contributed by atoms with Crippen LogP contribution in [0.5, 0.6) is 0 Å². The van der Waals surface area contributed by atoms with Crippen LogP contribution >= 0.6 is 0 Å². The Morgan fingerprint density at radius 3 is 2.47 bits per heavy atom. The molecule has 0 aromatic heterocycles. The Kier molecular flexibility index (Phi) is 10.9. The minimum Gasteiger partial charge on any atom is -0.389 e. The lowest BCUT2D eigenvalue weighted by molar-refractivity contribution is -0.0104. The maximum absolute atomic E-state index is 9.65. The zero-order valence-corrected chi connectivity index (χ0v) is 11.7. The molecule has 2 N–H and O–H groups in total. The van der Waals surface area contributed by atoms with Gasteiger partial charge in [-0.15, -0.1) is 0 Å². The summed E-state index contributed by atoms with van der Waals surface area (Å²) in [4.78, 5) is 0. The second-order valence-electron chi connectivity index (χ2n) is 4.75. The molecule has 0 rings (SSSR count). The summed E-state index contributed by atoms with van der Waals surface area (Å²) in [5.74, 6) is 0. The van der Waals surface area contributed by atoms with E-state index in [9.17, 15) is 5.11 Å². The van der Waals surface area contributed by atoms with E-state index in [1.54, 1.807) is 0 Å². The number of hydrogen-bond acceptors (Lipinski definition) is 4. The van der Waals surface area contributed by atoms with E-state index >= 15 is 0 Å². The smallest absolute Gasteiger partial charge is 0.0897 e. The lowest BCUT2D eigenvalue weighted by Gasteiger charge is -2.16. The van der Waals surface area contributed by atoms with E-state index in [1.165, 1.54) is 0 Å². The highest BCUT2D eigenvalue weighted by Gasteiger charge is 2.06. The van der Waals surface area contributed by atoms with Crippen molar-refractivity contribution in [2.45, 2.75) is 58.8 Å². The molecule has 0 heterocycles. The highest BCUT2D eigenvalue weighted by Crippen LogP contribution is 1.95. The second-order valence-corrected chi connectivity index (χ2v) is 4.75. The van der Waals surface area contributed by atoms with Gasteiger partial charge in [-0.3, -0.25) is 0 Å². The molecule has 2 unspecified atom stereocenters. The molecule has 4 heteroatoms. The van der Waals surface area contributed by atoms with Crippen LogP contribution < -0.4 is 5.32 Å². The number of aliphatic hydroxyl groups excluding tert-OH is 1. The summed E-state index contributed by atoms with van der Waals surface area (Å²) in [6, 6.07) is 0.457. The van der Waals surface area contributed by atoms with Gasteiger partial charge in [0.1, 0.15) is 0 Å². The van der Waals surface area contributed by atoms with Gasteiger partial charge in [0.25, 0.3) is 0 Å². The third kappa shape index (κ3) is 12.1. The highest BCUT2D eigenvalue weighted by atomic mass is 16.5. The van der Waals surface area contributed by atoms with E-state index in [2.05, 4.69) is 19.2 Å². The molecule has 0 spiro atoms. The number of aliphatic hydroxyl groups is 1. The van der Waals surface area contributed by atoms with Crippen molar-refractivity contribution in [2.75, 3.05) is 26.4 Å². The minimum atomic E-state index is -0.437. The fraction of sp³-hybridized carbons (Fsp3) is 1.00. The molecule has 0 saturated carbocycles. The van der Waals surface area contributed by atoms with Crippen molar-refractivity contribution in [2.24, 2.45) is 0 Å². The van der Waals surface area contributed by atoms with E-state index in [1.807, 2.05) is 13.8 Å². The summed E-state index contributed by atoms with van der Waals surface area (Å²) in [7, 11) is 0. The first-order chi connectivity index (χ1) is 8.06. The zero-order chi connectivity index (χ0) is 13.1. The van der Waals surface area contributed by atoms with E-state index in [0.717, 1.165) is 12.8 Å². The monoisotopic (exact) mass is 247 g/mol. The van der Waals surface area contributed by atoms with Crippen LogP contribution in [0.3, 0.4) is 0 Å². The van der Waals surface area contributed by atoms with E-state index in [4.69, 9.17) is 9.47 Å². The topological polar surface area (TPSA) is 50.7 Å². The summed E-state index contributed by atoms with van der Waals surface area (Å²) in [5, 5.41) is 12.9. The summed E-state index contributed by atoms with van der Waals surface area (Å²) >= 11 is 0. The molecule has 0 amide bonds. The minimum absolute atomic E-state index is 0.236. The molecule has 0 aliphatic rings. The number of hydrogen-bond donors (Lipinski definition) is 2. The van der Waals surface area contributed by atoms with Gasteiger partial charge in [-0.1, -0.05) is 13.3 Å². The van der Waals surface area contributed by atoms with Crippen LogP contribution in [-0.2, 0) is 9.47 Å². The predicted octanol–water partition coefficient (Wildman–Crippen LogP) is 1.57. The van der Waals surface area contributed by atoms with Gasteiger partial charge in [0, 0.05) is 12.6 Å². The first kappa shape index (κ1) is 16.8. The van der Waals surface area contributed by atoms with Crippen LogP contribution in [0, 0.1) is 0 Å². The number of ether oxygens (including phenoxy) is 2. The molecule has 0 aromatic carbocycles. The first-order valence-electron chi connectivity index (χ1n) is 6.67. The largest absolute Gasteiger partial charge is 0.389 e. The third-order valence-electron chi connectivity index (χ3n) is 2.41. The summed E-state index contributed by atoms with van der Waals surface area (Å²) in [5.41, 5.74) is 0. The molecule has 0 saturated heterocycles. The van der Waals surface area contributed by atoms with Crippen LogP contribution in [0.25, 0.3) is 0 Å². The molecule has 0 radical (unpaired) electrons. The number of rotatable bonds is 11. The lowest BCUT2D eigenvalue weighted by atomic mass is 10.2. The molecule has 0 aliphatic heterocycles. The van der Waals surface area contributed by atoms with E-state index < -0.39 is 6.10 Å². The van der Waals surface area contributed by atoms with Crippen LogP contribution in [0.4, 0.5) is 0 Å². The van der Waals surface area contributed by atoms with Gasteiger partial charge in [0.2, 0.25) is 0 Å². The Hall–Kier alpha value is -0.160. The van der Waals surface area contributed by atoms with E-state index in [0.29, 0.717) is 32.4 Å². The van der Waals surface area contributed by atoms with Crippen molar-refractivity contribution in [1.82, 2.24) is 5.32 Å². The van der Waals surface area contributed by atoms with E-state index in [-0.39, 0.29) is 6.10 Å². The maximum Gasteiger partial charge on any atom is 0.0897 e. The fourth-order valence-corrected chi connectivity index (χ4v) is 1.49. The Balaban J connectivity index is 3.31. The third-order valence-corrected chi connectivity index (χ3v) is 2.41. The highest BCUT2D eigenvalue weighted by molar-refractivity contribution is 4.64. The molecule has 4 nitrogen and oxygen atoms in total. The van der Waals surface area contributed by atoms with Gasteiger partial charge >= 0.3 is 0 Å². The normalized spacial score (nSPS) is 15.2. The van der Waals surface area contributed by atoms with Crippen molar-refractivity contribution in [1.29, 1.82) is 0 Å². The molecule has 0 fully saturated rings. The Bertz CT molecular complexity index is 165. The lowest BCUT2D eigenvalue weighted by Crippen LogP contribution is -2.36. The molecular weight excluding hydrogens is 218 g/mol. The number of nitrogens with one attached hydrogen (secondary N) is 1. The predicted molar refractivity (Wildman–Crippen MR) is 70.3 cm³/mol. The Labute approximate surface area is 106 Å². The average Bonchev–Trinajstić information content (AvgIpc) is 2.26. The Morgan fingerprint density at radius 2 is 1.88 bits per heavy atom. The molecule has 2 atom stereocenters. The van der Waals surface area contributed by atoms with Crippen molar-refractivity contribution >= 4 is 0 Å². The first-order valence-corrected chi connectivity index (χ1v) is 6.67. The standard InChI is InChI=1S/C13H29NO3/c1-5-6-12(4)14-9-13(15)10-16-7-8-17-11(2)3/h11-15H,5-10H2,1-4H3. The summed E-state index contributed by atoms with van der Waals surface area (Å²) in [6.07, 6.45) is 2.09. The van der Waals surface area contributed by atoms with Gasteiger partial charge in [0.05, 0.1) is 32.0 Å². The van der Waals surface area contributed by atoms with Crippen LogP contribution in [0.2, 0.25) is 0 Å².